The predicted molar refractivity (Wildman–Crippen MR) is 64.2 cm³/mol. The molecule has 1 heterocycles. The van der Waals surface area contributed by atoms with Crippen LogP contribution in [0.25, 0.3) is 0 Å². The summed E-state index contributed by atoms with van der Waals surface area (Å²) in [6.45, 7) is 5.03. The summed E-state index contributed by atoms with van der Waals surface area (Å²) in [5.74, 6) is 1.10. The molecule has 1 fully saturated rings. The van der Waals surface area contributed by atoms with Crippen LogP contribution in [0.5, 0.6) is 0 Å². The third kappa shape index (κ3) is 1.86. The van der Waals surface area contributed by atoms with Gasteiger partial charge in [0.05, 0.1) is 0 Å². The van der Waals surface area contributed by atoms with E-state index in [0.717, 1.165) is 18.7 Å². The minimum Gasteiger partial charge on any atom is -0.329 e. The monoisotopic (exact) mass is 222 g/mol. The Bertz CT molecular complexity index is 337. The van der Waals surface area contributed by atoms with Gasteiger partial charge in [-0.2, -0.15) is 0 Å². The summed E-state index contributed by atoms with van der Waals surface area (Å²) in [4.78, 5) is 0. The zero-order chi connectivity index (χ0) is 11.6. The van der Waals surface area contributed by atoms with Gasteiger partial charge in [-0.15, -0.1) is 10.2 Å². The second kappa shape index (κ2) is 4.53. The Morgan fingerprint density at radius 2 is 2.06 bits per heavy atom. The second-order valence-electron chi connectivity index (χ2n) is 5.20. The minimum atomic E-state index is 0.0824. The lowest BCUT2D eigenvalue weighted by Crippen LogP contribution is -2.40. The first-order valence-electron chi connectivity index (χ1n) is 6.30. The number of hydrogen-bond acceptors (Lipinski definition) is 3. The molecular formula is C12H22N4. The third-order valence-electron chi connectivity index (χ3n) is 3.81. The van der Waals surface area contributed by atoms with E-state index in [2.05, 4.69) is 28.6 Å². The first-order valence-corrected chi connectivity index (χ1v) is 6.30. The van der Waals surface area contributed by atoms with Crippen LogP contribution in [0, 0.1) is 0 Å². The van der Waals surface area contributed by atoms with E-state index in [9.17, 15) is 0 Å². The Labute approximate surface area is 97.2 Å². The van der Waals surface area contributed by atoms with Crippen molar-refractivity contribution in [1.29, 1.82) is 0 Å². The molecule has 0 unspecified atom stereocenters. The van der Waals surface area contributed by atoms with Gasteiger partial charge in [0.15, 0.2) is 0 Å². The molecule has 1 aromatic rings. The van der Waals surface area contributed by atoms with Gasteiger partial charge in [-0.05, 0) is 26.7 Å². The van der Waals surface area contributed by atoms with Gasteiger partial charge >= 0.3 is 0 Å². The summed E-state index contributed by atoms with van der Waals surface area (Å²) in [5.41, 5.74) is 6.10. The van der Waals surface area contributed by atoms with Crippen LogP contribution in [0.3, 0.4) is 0 Å². The summed E-state index contributed by atoms with van der Waals surface area (Å²) < 4.78 is 2.18. The molecule has 0 spiro atoms. The molecule has 90 valence electrons. The topological polar surface area (TPSA) is 56.7 Å². The molecule has 0 radical (unpaired) electrons. The van der Waals surface area contributed by atoms with E-state index in [0.29, 0.717) is 12.6 Å². The molecule has 0 aromatic carbocycles. The molecule has 2 N–H and O–H groups in total. The van der Waals surface area contributed by atoms with Crippen LogP contribution in [-0.2, 0) is 5.41 Å². The van der Waals surface area contributed by atoms with E-state index in [1.54, 1.807) is 0 Å². The molecule has 0 saturated heterocycles. The highest BCUT2D eigenvalue weighted by molar-refractivity contribution is 5.11. The van der Waals surface area contributed by atoms with E-state index in [4.69, 9.17) is 5.73 Å². The summed E-state index contributed by atoms with van der Waals surface area (Å²) in [5, 5.41) is 8.41. The molecule has 1 saturated carbocycles. The van der Waals surface area contributed by atoms with E-state index in [1.807, 2.05) is 6.33 Å². The number of hydrogen-bond donors (Lipinski definition) is 1. The normalized spacial score (nSPS) is 20.2. The molecule has 1 aliphatic rings. The van der Waals surface area contributed by atoms with Crippen LogP contribution in [0.2, 0.25) is 0 Å². The molecule has 0 bridgehead atoms. The average molecular weight is 222 g/mol. The fraction of sp³-hybridized carbons (Fsp3) is 0.833. The smallest absolute Gasteiger partial charge is 0.140 e. The van der Waals surface area contributed by atoms with Crippen molar-refractivity contribution in [2.45, 2.75) is 57.4 Å². The van der Waals surface area contributed by atoms with Gasteiger partial charge in [-0.25, -0.2) is 0 Å². The Morgan fingerprint density at radius 3 is 2.62 bits per heavy atom. The van der Waals surface area contributed by atoms with E-state index < -0.39 is 0 Å². The highest BCUT2D eigenvalue weighted by Crippen LogP contribution is 2.38. The standard InChI is InChI=1S/C12H22N4/c1-10(2)16-9-14-15-11(16)12(8-13)6-4-3-5-7-12/h9-10H,3-8,13H2,1-2H3. The Balaban J connectivity index is 2.35. The molecule has 0 amide bonds. The van der Waals surface area contributed by atoms with E-state index in [-0.39, 0.29) is 5.41 Å². The van der Waals surface area contributed by atoms with Crippen LogP contribution < -0.4 is 5.73 Å². The van der Waals surface area contributed by atoms with Crippen molar-refractivity contribution in [2.24, 2.45) is 5.73 Å². The maximum Gasteiger partial charge on any atom is 0.140 e. The molecule has 2 rings (SSSR count). The van der Waals surface area contributed by atoms with Gasteiger partial charge in [-0.1, -0.05) is 19.3 Å². The van der Waals surface area contributed by atoms with E-state index >= 15 is 0 Å². The predicted octanol–water partition coefficient (Wildman–Crippen LogP) is 2.02. The summed E-state index contributed by atoms with van der Waals surface area (Å²) in [6.07, 6.45) is 8.03. The molecule has 4 heteroatoms. The molecule has 0 aliphatic heterocycles. The minimum absolute atomic E-state index is 0.0824. The van der Waals surface area contributed by atoms with Gasteiger partial charge in [-0.3, -0.25) is 0 Å². The SMILES string of the molecule is CC(C)n1cnnc1C1(CN)CCCCC1. The van der Waals surface area contributed by atoms with Crippen molar-refractivity contribution in [3.05, 3.63) is 12.2 Å². The average Bonchev–Trinajstić information content (AvgIpc) is 2.79. The van der Waals surface area contributed by atoms with Crippen molar-refractivity contribution < 1.29 is 0 Å². The van der Waals surface area contributed by atoms with Crippen LogP contribution in [0.15, 0.2) is 6.33 Å². The van der Waals surface area contributed by atoms with Gasteiger partial charge in [0.1, 0.15) is 12.2 Å². The van der Waals surface area contributed by atoms with E-state index in [1.165, 1.54) is 19.3 Å². The quantitative estimate of drug-likeness (QED) is 0.851. The fourth-order valence-electron chi connectivity index (χ4n) is 2.75. The van der Waals surface area contributed by atoms with Crippen molar-refractivity contribution >= 4 is 0 Å². The highest BCUT2D eigenvalue weighted by Gasteiger charge is 2.37. The maximum atomic E-state index is 6.02. The number of nitrogens with two attached hydrogens (primary N) is 1. The van der Waals surface area contributed by atoms with Crippen molar-refractivity contribution in [1.82, 2.24) is 14.8 Å². The third-order valence-corrected chi connectivity index (χ3v) is 3.81. The summed E-state index contributed by atoms with van der Waals surface area (Å²) in [6, 6.07) is 0.412. The summed E-state index contributed by atoms with van der Waals surface area (Å²) in [7, 11) is 0. The zero-order valence-corrected chi connectivity index (χ0v) is 10.3. The van der Waals surface area contributed by atoms with Crippen LogP contribution in [-0.4, -0.2) is 21.3 Å². The lowest BCUT2D eigenvalue weighted by molar-refractivity contribution is 0.272. The van der Waals surface area contributed by atoms with Crippen LogP contribution >= 0.6 is 0 Å². The fourth-order valence-corrected chi connectivity index (χ4v) is 2.75. The first-order chi connectivity index (χ1) is 7.69. The number of nitrogens with zero attached hydrogens (tertiary/aromatic N) is 3. The Hall–Kier alpha value is -0.900. The largest absolute Gasteiger partial charge is 0.329 e. The number of aromatic nitrogens is 3. The maximum absolute atomic E-state index is 6.02. The first kappa shape index (κ1) is 11.6. The Kier molecular flexibility index (Phi) is 3.28. The van der Waals surface area contributed by atoms with Crippen LogP contribution in [0.4, 0.5) is 0 Å². The van der Waals surface area contributed by atoms with Crippen LogP contribution in [0.1, 0.15) is 57.8 Å². The van der Waals surface area contributed by atoms with Crippen molar-refractivity contribution in [2.75, 3.05) is 6.54 Å². The van der Waals surface area contributed by atoms with Gasteiger partial charge < -0.3 is 10.3 Å². The van der Waals surface area contributed by atoms with Crippen molar-refractivity contribution in [3.63, 3.8) is 0 Å². The summed E-state index contributed by atoms with van der Waals surface area (Å²) >= 11 is 0. The number of rotatable bonds is 3. The highest BCUT2D eigenvalue weighted by atomic mass is 15.3. The van der Waals surface area contributed by atoms with Gasteiger partial charge in [0.25, 0.3) is 0 Å². The molecular weight excluding hydrogens is 200 g/mol. The van der Waals surface area contributed by atoms with Gasteiger partial charge in [0.2, 0.25) is 0 Å². The Morgan fingerprint density at radius 1 is 1.38 bits per heavy atom. The zero-order valence-electron chi connectivity index (χ0n) is 10.3. The lowest BCUT2D eigenvalue weighted by atomic mass is 9.73. The second-order valence-corrected chi connectivity index (χ2v) is 5.20. The van der Waals surface area contributed by atoms with Gasteiger partial charge in [0, 0.05) is 18.0 Å². The molecule has 4 nitrogen and oxygen atoms in total. The van der Waals surface area contributed by atoms with Crippen molar-refractivity contribution in [3.8, 4) is 0 Å². The molecule has 1 aliphatic carbocycles. The lowest BCUT2D eigenvalue weighted by Gasteiger charge is -2.35. The molecule has 0 atom stereocenters. The molecule has 1 aromatic heterocycles. The molecule has 16 heavy (non-hydrogen) atoms.